The minimum Gasteiger partial charge on any atom is -0.481 e. The van der Waals surface area contributed by atoms with Crippen molar-refractivity contribution in [2.45, 2.75) is 20.4 Å². The molecule has 0 saturated heterocycles. The molecule has 2 aromatic heterocycles. The van der Waals surface area contributed by atoms with E-state index in [1.165, 1.54) is 0 Å². The molecule has 0 unspecified atom stereocenters. The van der Waals surface area contributed by atoms with E-state index in [1.807, 2.05) is 17.7 Å². The van der Waals surface area contributed by atoms with Gasteiger partial charge in [-0.25, -0.2) is 9.97 Å². The van der Waals surface area contributed by atoms with Crippen molar-refractivity contribution < 1.29 is 15.0 Å². The predicted molar refractivity (Wildman–Crippen MR) is 64.9 cm³/mol. The van der Waals surface area contributed by atoms with Gasteiger partial charge in [0.2, 0.25) is 0 Å². The molecule has 0 atom stereocenters. The molecule has 2 heterocycles. The summed E-state index contributed by atoms with van der Waals surface area (Å²) in [6, 6.07) is 0. The summed E-state index contributed by atoms with van der Waals surface area (Å²) in [6.45, 7) is 3.68. The molecule has 0 aromatic carbocycles. The normalized spacial score (nSPS) is 9.72. The highest BCUT2D eigenvalue weighted by molar-refractivity contribution is 5.62. The van der Waals surface area contributed by atoms with Crippen LogP contribution in [0.1, 0.15) is 12.6 Å². The maximum Gasteiger partial charge on any atom is 0.300 e. The number of carboxylic acid groups (broad SMARTS) is 1. The molecule has 0 bridgehead atoms. The number of nitrogens with zero attached hydrogens (tertiary/aromatic N) is 3. The van der Waals surface area contributed by atoms with Gasteiger partial charge in [-0.15, -0.1) is 0 Å². The topological polar surface area (TPSA) is 104 Å². The van der Waals surface area contributed by atoms with E-state index in [9.17, 15) is 0 Å². The number of aliphatic hydroxyl groups is 1. The lowest BCUT2D eigenvalue weighted by molar-refractivity contribution is -0.134. The monoisotopic (exact) mass is 252 g/mol. The number of aliphatic hydroxyl groups excluding tert-OH is 1. The third-order valence-corrected chi connectivity index (χ3v) is 2.10. The number of aryl methyl sites for hydroxylation is 1. The van der Waals surface area contributed by atoms with Gasteiger partial charge in [-0.05, 0) is 6.92 Å². The third kappa shape index (κ3) is 3.70. The van der Waals surface area contributed by atoms with Gasteiger partial charge in [0.25, 0.3) is 5.97 Å². The van der Waals surface area contributed by atoms with Gasteiger partial charge in [-0.1, -0.05) is 0 Å². The molecule has 0 aliphatic heterocycles. The summed E-state index contributed by atoms with van der Waals surface area (Å²) in [5.41, 5.74) is 1.82. The van der Waals surface area contributed by atoms with Crippen molar-refractivity contribution in [1.82, 2.24) is 19.5 Å². The zero-order chi connectivity index (χ0) is 13.5. The second kappa shape index (κ2) is 6.55. The van der Waals surface area contributed by atoms with Gasteiger partial charge in [0.05, 0.1) is 12.9 Å². The van der Waals surface area contributed by atoms with Crippen molar-refractivity contribution in [1.29, 1.82) is 0 Å². The van der Waals surface area contributed by atoms with Crippen LogP contribution in [0, 0.1) is 6.92 Å². The molecular formula is C11H16N4O3. The molecule has 3 N–H and O–H groups in total. The van der Waals surface area contributed by atoms with Crippen molar-refractivity contribution in [3.8, 4) is 11.5 Å². The quantitative estimate of drug-likeness (QED) is 0.744. The maximum absolute atomic E-state index is 9.00. The smallest absolute Gasteiger partial charge is 0.300 e. The fourth-order valence-corrected chi connectivity index (χ4v) is 1.40. The molecule has 0 spiro atoms. The third-order valence-electron chi connectivity index (χ3n) is 2.10. The standard InChI is InChI=1S/C9H12N4O.C2H4O2/c1-7-8(12-6-11-7)9-10-2-3-13(9)4-5-14;1-2(3)4/h2-3,6,14H,4-5H2,1H3,(H,11,12);1H3,(H,3,4). The van der Waals surface area contributed by atoms with Crippen molar-refractivity contribution in [3.05, 3.63) is 24.4 Å². The summed E-state index contributed by atoms with van der Waals surface area (Å²) >= 11 is 0. The molecule has 0 aliphatic rings. The van der Waals surface area contributed by atoms with Gasteiger partial charge in [-0.3, -0.25) is 4.79 Å². The van der Waals surface area contributed by atoms with Crippen LogP contribution in [0.15, 0.2) is 18.7 Å². The van der Waals surface area contributed by atoms with E-state index in [4.69, 9.17) is 15.0 Å². The van der Waals surface area contributed by atoms with E-state index in [0.717, 1.165) is 24.1 Å². The first-order valence-electron chi connectivity index (χ1n) is 5.38. The average molecular weight is 252 g/mol. The molecular weight excluding hydrogens is 236 g/mol. The Bertz CT molecular complexity index is 500. The molecule has 0 radical (unpaired) electrons. The lowest BCUT2D eigenvalue weighted by atomic mass is 10.3. The Labute approximate surface area is 104 Å². The summed E-state index contributed by atoms with van der Waals surface area (Å²) < 4.78 is 1.88. The van der Waals surface area contributed by atoms with Gasteiger partial charge in [-0.2, -0.15) is 0 Å². The molecule has 98 valence electrons. The molecule has 2 aromatic rings. The molecule has 0 aliphatic carbocycles. The summed E-state index contributed by atoms with van der Waals surface area (Å²) in [5.74, 6) is -0.0437. The first-order chi connectivity index (χ1) is 8.56. The van der Waals surface area contributed by atoms with E-state index in [-0.39, 0.29) is 6.61 Å². The number of hydrogen-bond acceptors (Lipinski definition) is 4. The number of rotatable bonds is 3. The Balaban J connectivity index is 0.000000357. The van der Waals surface area contributed by atoms with Crippen molar-refractivity contribution in [2.24, 2.45) is 0 Å². The van der Waals surface area contributed by atoms with E-state index >= 15 is 0 Å². The maximum atomic E-state index is 9.00. The number of aromatic amines is 1. The Morgan fingerprint density at radius 3 is 2.67 bits per heavy atom. The highest BCUT2D eigenvalue weighted by Gasteiger charge is 2.10. The number of hydrogen-bond donors (Lipinski definition) is 3. The number of aromatic nitrogens is 4. The van der Waals surface area contributed by atoms with Crippen LogP contribution in [0.5, 0.6) is 0 Å². The van der Waals surface area contributed by atoms with Gasteiger partial charge in [0, 0.05) is 31.6 Å². The highest BCUT2D eigenvalue weighted by atomic mass is 16.4. The molecule has 0 saturated carbocycles. The fourth-order valence-electron chi connectivity index (χ4n) is 1.40. The predicted octanol–water partition coefficient (Wildman–Crippen LogP) is 0.665. The second-order valence-electron chi connectivity index (χ2n) is 3.56. The number of carbonyl (C=O) groups is 1. The SMILES string of the molecule is CC(=O)O.Cc1[nH]cnc1-c1nccn1CCO. The first kappa shape index (κ1) is 13.9. The Kier molecular flexibility index (Phi) is 5.06. The first-order valence-corrected chi connectivity index (χ1v) is 5.38. The van der Waals surface area contributed by atoms with Crippen molar-refractivity contribution in [2.75, 3.05) is 6.61 Å². The van der Waals surface area contributed by atoms with Crippen LogP contribution in [0.3, 0.4) is 0 Å². The molecule has 7 nitrogen and oxygen atoms in total. The van der Waals surface area contributed by atoms with Crippen LogP contribution in [0.25, 0.3) is 11.5 Å². The molecule has 18 heavy (non-hydrogen) atoms. The van der Waals surface area contributed by atoms with E-state index in [1.54, 1.807) is 12.5 Å². The lowest BCUT2D eigenvalue weighted by Gasteiger charge is -2.03. The van der Waals surface area contributed by atoms with Gasteiger partial charge >= 0.3 is 0 Å². The molecule has 7 heteroatoms. The number of nitrogens with one attached hydrogen (secondary N) is 1. The largest absolute Gasteiger partial charge is 0.481 e. The number of carboxylic acids is 1. The summed E-state index contributed by atoms with van der Waals surface area (Å²) in [6.07, 6.45) is 5.18. The van der Waals surface area contributed by atoms with Gasteiger partial charge in [0.15, 0.2) is 5.82 Å². The van der Waals surface area contributed by atoms with Crippen LogP contribution in [0.2, 0.25) is 0 Å². The number of H-pyrrole nitrogens is 1. The van der Waals surface area contributed by atoms with Crippen molar-refractivity contribution >= 4 is 5.97 Å². The Morgan fingerprint density at radius 2 is 2.17 bits per heavy atom. The second-order valence-corrected chi connectivity index (χ2v) is 3.56. The number of aliphatic carboxylic acids is 1. The van der Waals surface area contributed by atoms with Crippen molar-refractivity contribution in [3.63, 3.8) is 0 Å². The summed E-state index contributed by atoms with van der Waals surface area (Å²) in [5, 5.41) is 16.3. The summed E-state index contributed by atoms with van der Waals surface area (Å²) in [4.78, 5) is 20.4. The van der Waals surface area contributed by atoms with Crippen LogP contribution in [-0.2, 0) is 11.3 Å². The van der Waals surface area contributed by atoms with Crippen LogP contribution < -0.4 is 0 Å². The van der Waals surface area contributed by atoms with Crippen LogP contribution in [-0.4, -0.2) is 42.3 Å². The highest BCUT2D eigenvalue weighted by Crippen LogP contribution is 2.17. The van der Waals surface area contributed by atoms with Gasteiger partial charge in [0.1, 0.15) is 5.69 Å². The van der Waals surface area contributed by atoms with Crippen LogP contribution >= 0.6 is 0 Å². The van der Waals surface area contributed by atoms with E-state index < -0.39 is 5.97 Å². The number of imidazole rings is 2. The minimum atomic E-state index is -0.833. The minimum absolute atomic E-state index is 0.104. The Hall–Kier alpha value is -2.15. The fraction of sp³-hybridized carbons (Fsp3) is 0.364. The molecule has 0 amide bonds. The van der Waals surface area contributed by atoms with Gasteiger partial charge < -0.3 is 19.8 Å². The molecule has 2 rings (SSSR count). The zero-order valence-electron chi connectivity index (χ0n) is 10.3. The van der Waals surface area contributed by atoms with E-state index in [2.05, 4.69) is 15.0 Å². The van der Waals surface area contributed by atoms with Crippen LogP contribution in [0.4, 0.5) is 0 Å². The van der Waals surface area contributed by atoms with E-state index in [0.29, 0.717) is 6.54 Å². The summed E-state index contributed by atoms with van der Waals surface area (Å²) in [7, 11) is 0. The lowest BCUT2D eigenvalue weighted by Crippen LogP contribution is -2.03. The zero-order valence-corrected chi connectivity index (χ0v) is 10.3. The molecule has 0 fully saturated rings. The Morgan fingerprint density at radius 1 is 1.50 bits per heavy atom. The average Bonchev–Trinajstić information content (AvgIpc) is 2.86.